The maximum absolute atomic E-state index is 5.74. The molecule has 1 aromatic carbocycles. The van der Waals surface area contributed by atoms with Gasteiger partial charge in [0.15, 0.2) is 6.35 Å². The van der Waals surface area contributed by atoms with Crippen LogP contribution in [0.1, 0.15) is 5.56 Å². The van der Waals surface area contributed by atoms with Crippen molar-refractivity contribution >= 4 is 21.6 Å². The first-order valence-corrected chi connectivity index (χ1v) is 5.97. The number of hydroxylamine groups is 1. The van der Waals surface area contributed by atoms with E-state index in [4.69, 9.17) is 4.84 Å². The Hall–Kier alpha value is -0.620. The van der Waals surface area contributed by atoms with E-state index >= 15 is 0 Å². The fraction of sp³-hybridized carbons (Fsp3) is 0.455. The zero-order valence-corrected chi connectivity index (χ0v) is 11.3. The van der Waals surface area contributed by atoms with Gasteiger partial charge in [-0.2, -0.15) is 0 Å². The number of benzene rings is 1. The molecule has 88 valence electrons. The van der Waals surface area contributed by atoms with Crippen LogP contribution in [0.3, 0.4) is 0 Å². The van der Waals surface area contributed by atoms with Gasteiger partial charge >= 0.3 is 0 Å². The summed E-state index contributed by atoms with van der Waals surface area (Å²) in [4.78, 5) is 7.73. The summed E-state index contributed by atoms with van der Waals surface area (Å²) in [5, 5.41) is 5.12. The molecule has 1 unspecified atom stereocenters. The zero-order chi connectivity index (χ0) is 11.7. The lowest BCUT2D eigenvalue weighted by atomic mass is 10.2. The Balaban J connectivity index is 2.11. The molecule has 0 aliphatic carbocycles. The van der Waals surface area contributed by atoms with Gasteiger partial charge in [-0.15, -0.1) is 0 Å². The molecule has 1 aliphatic rings. The van der Waals surface area contributed by atoms with E-state index in [1.807, 2.05) is 36.2 Å². The molecule has 1 heterocycles. The topological polar surface area (TPSA) is 27.7 Å². The van der Waals surface area contributed by atoms with Gasteiger partial charge in [-0.1, -0.05) is 15.9 Å². The Morgan fingerprint density at radius 3 is 2.81 bits per heavy atom. The maximum atomic E-state index is 5.74. The average molecular weight is 286 g/mol. The predicted molar refractivity (Wildman–Crippen MR) is 67.9 cm³/mol. The van der Waals surface area contributed by atoms with Crippen LogP contribution in [0.4, 0.5) is 5.69 Å². The van der Waals surface area contributed by atoms with Crippen LogP contribution in [0.25, 0.3) is 0 Å². The molecule has 0 saturated carbocycles. The molecule has 1 fully saturated rings. The van der Waals surface area contributed by atoms with E-state index in [2.05, 4.69) is 34.2 Å². The Kier molecular flexibility index (Phi) is 3.49. The van der Waals surface area contributed by atoms with E-state index in [1.165, 1.54) is 5.56 Å². The Morgan fingerprint density at radius 2 is 2.25 bits per heavy atom. The summed E-state index contributed by atoms with van der Waals surface area (Å²) in [6.07, 6.45) is -0.0519. The normalized spacial score (nSPS) is 20.8. The van der Waals surface area contributed by atoms with Crippen molar-refractivity contribution in [3.63, 3.8) is 0 Å². The van der Waals surface area contributed by atoms with Crippen molar-refractivity contribution in [1.29, 1.82) is 0 Å². The zero-order valence-electron chi connectivity index (χ0n) is 9.70. The van der Waals surface area contributed by atoms with Gasteiger partial charge in [0.1, 0.15) is 0 Å². The van der Waals surface area contributed by atoms with Crippen LogP contribution in [0.15, 0.2) is 22.7 Å². The second kappa shape index (κ2) is 4.71. The maximum Gasteiger partial charge on any atom is 0.193 e. The fourth-order valence-electron chi connectivity index (χ4n) is 1.57. The van der Waals surface area contributed by atoms with Gasteiger partial charge in [0.2, 0.25) is 0 Å². The molecule has 0 spiro atoms. The van der Waals surface area contributed by atoms with Gasteiger partial charge in [-0.25, -0.2) is 9.90 Å². The average Bonchev–Trinajstić information content (AvgIpc) is 2.71. The van der Waals surface area contributed by atoms with Crippen LogP contribution in [-0.2, 0) is 4.84 Å². The minimum atomic E-state index is -0.0519. The van der Waals surface area contributed by atoms with Crippen LogP contribution < -0.4 is 10.4 Å². The monoisotopic (exact) mass is 285 g/mol. The minimum Gasteiger partial charge on any atom is -0.270 e. The lowest BCUT2D eigenvalue weighted by Gasteiger charge is -2.20. The molecule has 0 amide bonds. The van der Waals surface area contributed by atoms with Crippen LogP contribution in [0, 0.1) is 6.92 Å². The Morgan fingerprint density at radius 1 is 1.50 bits per heavy atom. The molecule has 16 heavy (non-hydrogen) atoms. The van der Waals surface area contributed by atoms with E-state index in [1.54, 1.807) is 0 Å². The highest BCUT2D eigenvalue weighted by molar-refractivity contribution is 9.10. The van der Waals surface area contributed by atoms with Crippen molar-refractivity contribution in [2.75, 3.05) is 25.8 Å². The number of anilines is 1. The van der Waals surface area contributed by atoms with Crippen molar-refractivity contribution in [3.05, 3.63) is 28.2 Å². The number of hydrogen-bond donors (Lipinski definition) is 1. The Bertz CT molecular complexity index is 383. The van der Waals surface area contributed by atoms with Crippen LogP contribution in [0.2, 0.25) is 0 Å². The van der Waals surface area contributed by atoms with Crippen molar-refractivity contribution in [1.82, 2.24) is 10.2 Å². The summed E-state index contributed by atoms with van der Waals surface area (Å²) in [5.74, 6) is 0. The first-order valence-electron chi connectivity index (χ1n) is 5.18. The molecule has 4 nitrogen and oxygen atoms in total. The summed E-state index contributed by atoms with van der Waals surface area (Å²) < 4.78 is 1.12. The number of halogens is 1. The smallest absolute Gasteiger partial charge is 0.193 e. The van der Waals surface area contributed by atoms with Crippen molar-refractivity contribution in [3.8, 4) is 0 Å². The molecule has 1 saturated heterocycles. The molecule has 1 aliphatic heterocycles. The van der Waals surface area contributed by atoms with Crippen LogP contribution in [0.5, 0.6) is 0 Å². The van der Waals surface area contributed by atoms with Gasteiger partial charge < -0.3 is 0 Å². The second-order valence-corrected chi connectivity index (χ2v) is 4.95. The number of aryl methyl sites for hydroxylation is 1. The summed E-state index contributed by atoms with van der Waals surface area (Å²) >= 11 is 3.49. The van der Waals surface area contributed by atoms with Gasteiger partial charge in [0.25, 0.3) is 0 Å². The number of nitrogens with one attached hydrogen (secondary N) is 1. The number of rotatable bonds is 2. The predicted octanol–water partition coefficient (Wildman–Crippen LogP) is 1.90. The molecule has 0 bridgehead atoms. The van der Waals surface area contributed by atoms with Gasteiger partial charge in [0, 0.05) is 4.47 Å². The minimum absolute atomic E-state index is 0.0519. The third-order valence-corrected chi connectivity index (χ3v) is 3.42. The first kappa shape index (κ1) is 11.9. The van der Waals surface area contributed by atoms with Crippen LogP contribution >= 0.6 is 15.9 Å². The molecule has 1 atom stereocenters. The summed E-state index contributed by atoms with van der Waals surface area (Å²) in [6.45, 7) is 2.77. The molecule has 0 radical (unpaired) electrons. The van der Waals surface area contributed by atoms with E-state index in [9.17, 15) is 0 Å². The van der Waals surface area contributed by atoms with Crippen molar-refractivity contribution in [2.45, 2.75) is 13.3 Å². The van der Waals surface area contributed by atoms with E-state index in [0.717, 1.165) is 10.2 Å². The molecule has 0 aromatic heterocycles. The van der Waals surface area contributed by atoms with Gasteiger partial charge in [0.05, 0.1) is 12.4 Å². The highest BCUT2D eigenvalue weighted by Gasteiger charge is 2.24. The number of hydrogen-bond acceptors (Lipinski definition) is 4. The fourth-order valence-corrected chi connectivity index (χ4v) is 1.82. The molecule has 5 heteroatoms. The molecular formula is C11H16BrN3O. The lowest BCUT2D eigenvalue weighted by molar-refractivity contribution is -0.0161. The largest absolute Gasteiger partial charge is 0.270 e. The van der Waals surface area contributed by atoms with Crippen molar-refractivity contribution < 1.29 is 4.84 Å². The van der Waals surface area contributed by atoms with Gasteiger partial charge in [-0.05, 0) is 44.8 Å². The third-order valence-electron chi connectivity index (χ3n) is 2.54. The molecule has 1 aromatic rings. The molecular weight excluding hydrogens is 270 g/mol. The number of nitrogens with zero attached hydrogens (tertiary/aromatic N) is 2. The summed E-state index contributed by atoms with van der Waals surface area (Å²) in [6, 6.07) is 6.18. The van der Waals surface area contributed by atoms with E-state index in [0.29, 0.717) is 6.67 Å². The standard InChI is InChI=1S/C11H16BrN3O/c1-8-6-9(4-5-10(8)12)15-7-13-11(16-15)14(2)3/h4-6,11,13H,7H2,1-3H3. The molecule has 2 rings (SSSR count). The van der Waals surface area contributed by atoms with Gasteiger partial charge in [-0.3, -0.25) is 10.2 Å². The highest BCUT2D eigenvalue weighted by Crippen LogP contribution is 2.24. The van der Waals surface area contributed by atoms with E-state index in [-0.39, 0.29) is 6.35 Å². The molecule has 1 N–H and O–H groups in total. The first-order chi connectivity index (χ1) is 7.58. The lowest BCUT2D eigenvalue weighted by Crippen LogP contribution is -2.37. The SMILES string of the molecule is Cc1cc(N2CNC(N(C)C)O2)ccc1Br. The summed E-state index contributed by atoms with van der Waals surface area (Å²) in [5.41, 5.74) is 2.27. The highest BCUT2D eigenvalue weighted by atomic mass is 79.9. The Labute approximate surface area is 104 Å². The summed E-state index contributed by atoms with van der Waals surface area (Å²) in [7, 11) is 3.96. The van der Waals surface area contributed by atoms with Crippen LogP contribution in [-0.4, -0.2) is 32.0 Å². The third kappa shape index (κ3) is 2.38. The van der Waals surface area contributed by atoms with E-state index < -0.39 is 0 Å². The quantitative estimate of drug-likeness (QED) is 0.898. The van der Waals surface area contributed by atoms with Crippen molar-refractivity contribution in [2.24, 2.45) is 0 Å². The second-order valence-electron chi connectivity index (χ2n) is 4.10.